The van der Waals surface area contributed by atoms with E-state index >= 15 is 0 Å². The quantitative estimate of drug-likeness (QED) is 0.758. The summed E-state index contributed by atoms with van der Waals surface area (Å²) >= 11 is 0. The van der Waals surface area contributed by atoms with E-state index < -0.39 is 0 Å². The van der Waals surface area contributed by atoms with Crippen LogP contribution in [-0.4, -0.2) is 50.8 Å². The van der Waals surface area contributed by atoms with Crippen LogP contribution in [0, 0.1) is 5.41 Å². The third-order valence-electron chi connectivity index (χ3n) is 4.05. The molecule has 0 aromatic carbocycles. The Kier molecular flexibility index (Phi) is 3.65. The van der Waals surface area contributed by atoms with Crippen LogP contribution in [0.15, 0.2) is 0 Å². The molecule has 0 aliphatic carbocycles. The van der Waals surface area contributed by atoms with Crippen molar-refractivity contribution in [1.29, 1.82) is 0 Å². The zero-order valence-electron chi connectivity index (χ0n) is 10.1. The first-order valence-corrected chi connectivity index (χ1v) is 6.19. The fourth-order valence-corrected chi connectivity index (χ4v) is 3.11. The molecule has 2 atom stereocenters. The molecular formula is C12H24N2O. The molecule has 1 spiro atoms. The predicted octanol–water partition coefficient (Wildman–Crippen LogP) is 1.10. The van der Waals surface area contributed by atoms with Crippen LogP contribution >= 0.6 is 0 Å². The van der Waals surface area contributed by atoms with Gasteiger partial charge in [-0.3, -0.25) is 4.90 Å². The van der Waals surface area contributed by atoms with Crippen molar-refractivity contribution in [1.82, 2.24) is 10.2 Å². The van der Waals surface area contributed by atoms with Crippen molar-refractivity contribution < 1.29 is 4.74 Å². The number of nitrogens with one attached hydrogen (secondary N) is 1. The molecule has 2 aliphatic rings. The van der Waals surface area contributed by atoms with Gasteiger partial charge in [-0.15, -0.1) is 0 Å². The van der Waals surface area contributed by atoms with Crippen molar-refractivity contribution in [3.63, 3.8) is 0 Å². The highest BCUT2D eigenvalue weighted by atomic mass is 16.5. The second kappa shape index (κ2) is 4.81. The number of hydrogen-bond acceptors (Lipinski definition) is 3. The second-order valence-corrected chi connectivity index (χ2v) is 5.31. The Morgan fingerprint density at radius 2 is 2.33 bits per heavy atom. The number of likely N-dealkylation sites (tertiary alicyclic amines) is 1. The van der Waals surface area contributed by atoms with Crippen LogP contribution in [0.5, 0.6) is 0 Å². The largest absolute Gasteiger partial charge is 0.383 e. The summed E-state index contributed by atoms with van der Waals surface area (Å²) < 4.78 is 5.25. The summed E-state index contributed by atoms with van der Waals surface area (Å²) in [6, 6.07) is 0.577. The van der Waals surface area contributed by atoms with Crippen molar-refractivity contribution in [2.24, 2.45) is 5.41 Å². The van der Waals surface area contributed by atoms with Crippen LogP contribution in [0.2, 0.25) is 0 Å². The maximum absolute atomic E-state index is 5.25. The standard InChI is InChI=1S/C12H24N2O/c1-11(8-15-2)14-7-3-4-12(10-14)5-6-13-9-12/h11,13H,3-10H2,1-2H3. The SMILES string of the molecule is COCC(C)N1CCCC2(CCNC2)C1. The monoisotopic (exact) mass is 212 g/mol. The van der Waals surface area contributed by atoms with Crippen LogP contribution in [0.4, 0.5) is 0 Å². The number of ether oxygens (including phenoxy) is 1. The van der Waals surface area contributed by atoms with Gasteiger partial charge in [0, 0.05) is 26.2 Å². The molecule has 2 unspecified atom stereocenters. The number of hydrogen-bond donors (Lipinski definition) is 1. The molecule has 0 aromatic rings. The minimum absolute atomic E-state index is 0.577. The van der Waals surface area contributed by atoms with Gasteiger partial charge >= 0.3 is 0 Å². The summed E-state index contributed by atoms with van der Waals surface area (Å²) in [7, 11) is 1.80. The highest BCUT2D eigenvalue weighted by Gasteiger charge is 2.38. The van der Waals surface area contributed by atoms with E-state index in [0.29, 0.717) is 11.5 Å². The molecule has 2 rings (SSSR count). The third kappa shape index (κ3) is 2.52. The van der Waals surface area contributed by atoms with E-state index in [-0.39, 0.29) is 0 Å². The normalized spacial score (nSPS) is 34.8. The molecule has 3 nitrogen and oxygen atoms in total. The Morgan fingerprint density at radius 1 is 1.47 bits per heavy atom. The van der Waals surface area contributed by atoms with Crippen molar-refractivity contribution in [2.75, 3.05) is 39.9 Å². The summed E-state index contributed by atoms with van der Waals surface area (Å²) in [5.41, 5.74) is 0.584. The van der Waals surface area contributed by atoms with Gasteiger partial charge in [0.1, 0.15) is 0 Å². The van der Waals surface area contributed by atoms with Crippen molar-refractivity contribution in [3.8, 4) is 0 Å². The maximum atomic E-state index is 5.25. The Bertz CT molecular complexity index is 202. The summed E-state index contributed by atoms with van der Waals surface area (Å²) in [6.07, 6.45) is 4.13. The zero-order valence-corrected chi connectivity index (χ0v) is 10.1. The Balaban J connectivity index is 1.91. The van der Waals surface area contributed by atoms with Crippen LogP contribution in [0.1, 0.15) is 26.2 Å². The van der Waals surface area contributed by atoms with Gasteiger partial charge in [-0.1, -0.05) is 0 Å². The number of nitrogens with zero attached hydrogens (tertiary/aromatic N) is 1. The minimum atomic E-state index is 0.577. The molecule has 0 bridgehead atoms. The van der Waals surface area contributed by atoms with Gasteiger partial charge in [-0.05, 0) is 44.7 Å². The first-order valence-electron chi connectivity index (χ1n) is 6.19. The van der Waals surface area contributed by atoms with Gasteiger partial charge in [-0.25, -0.2) is 0 Å². The predicted molar refractivity (Wildman–Crippen MR) is 62.1 cm³/mol. The molecule has 2 fully saturated rings. The van der Waals surface area contributed by atoms with Gasteiger partial charge in [0.2, 0.25) is 0 Å². The second-order valence-electron chi connectivity index (χ2n) is 5.31. The molecule has 0 aromatic heterocycles. The van der Waals surface area contributed by atoms with Crippen LogP contribution < -0.4 is 5.32 Å². The molecule has 0 amide bonds. The molecular weight excluding hydrogens is 188 g/mol. The Morgan fingerprint density at radius 3 is 3.00 bits per heavy atom. The highest BCUT2D eigenvalue weighted by Crippen LogP contribution is 2.36. The number of piperidine rings is 1. The highest BCUT2D eigenvalue weighted by molar-refractivity contribution is 4.94. The van der Waals surface area contributed by atoms with Gasteiger partial charge in [0.25, 0.3) is 0 Å². The van der Waals surface area contributed by atoms with Gasteiger partial charge in [-0.2, -0.15) is 0 Å². The first kappa shape index (κ1) is 11.4. The van der Waals surface area contributed by atoms with Gasteiger partial charge in [0.05, 0.1) is 6.61 Å². The summed E-state index contributed by atoms with van der Waals surface area (Å²) in [4.78, 5) is 2.61. The van der Waals surface area contributed by atoms with Crippen LogP contribution in [0.3, 0.4) is 0 Å². The molecule has 88 valence electrons. The van der Waals surface area contributed by atoms with Crippen molar-refractivity contribution in [2.45, 2.75) is 32.2 Å². The molecule has 15 heavy (non-hydrogen) atoms. The van der Waals surface area contributed by atoms with E-state index in [2.05, 4.69) is 17.1 Å². The fraction of sp³-hybridized carbons (Fsp3) is 1.00. The molecule has 1 N–H and O–H groups in total. The van der Waals surface area contributed by atoms with E-state index in [0.717, 1.165) is 6.61 Å². The molecule has 0 radical (unpaired) electrons. The average Bonchev–Trinajstić information content (AvgIpc) is 2.67. The van der Waals surface area contributed by atoms with Crippen molar-refractivity contribution in [3.05, 3.63) is 0 Å². The van der Waals surface area contributed by atoms with E-state index in [4.69, 9.17) is 4.74 Å². The Labute approximate surface area is 93.2 Å². The lowest BCUT2D eigenvalue weighted by Crippen LogP contribution is -2.49. The van der Waals surface area contributed by atoms with E-state index in [1.54, 1.807) is 7.11 Å². The maximum Gasteiger partial charge on any atom is 0.0615 e. The third-order valence-corrected chi connectivity index (χ3v) is 4.05. The minimum Gasteiger partial charge on any atom is -0.383 e. The summed E-state index contributed by atoms with van der Waals surface area (Å²) in [5.74, 6) is 0. The summed E-state index contributed by atoms with van der Waals surface area (Å²) in [6.45, 7) is 8.11. The van der Waals surface area contributed by atoms with E-state index in [1.165, 1.54) is 45.4 Å². The lowest BCUT2D eigenvalue weighted by atomic mass is 9.79. The van der Waals surface area contributed by atoms with Crippen LogP contribution in [-0.2, 0) is 4.74 Å². The van der Waals surface area contributed by atoms with Gasteiger partial charge < -0.3 is 10.1 Å². The van der Waals surface area contributed by atoms with Crippen molar-refractivity contribution >= 4 is 0 Å². The Hall–Kier alpha value is -0.120. The number of rotatable bonds is 3. The lowest BCUT2D eigenvalue weighted by molar-refractivity contribution is 0.0365. The molecule has 2 saturated heterocycles. The smallest absolute Gasteiger partial charge is 0.0615 e. The van der Waals surface area contributed by atoms with E-state index in [1.807, 2.05) is 0 Å². The van der Waals surface area contributed by atoms with Crippen LogP contribution in [0.25, 0.3) is 0 Å². The summed E-state index contributed by atoms with van der Waals surface area (Å²) in [5, 5.41) is 3.52. The van der Waals surface area contributed by atoms with Gasteiger partial charge in [0.15, 0.2) is 0 Å². The molecule has 2 aliphatic heterocycles. The molecule has 0 saturated carbocycles. The lowest BCUT2D eigenvalue weighted by Gasteiger charge is -2.42. The fourth-order valence-electron chi connectivity index (χ4n) is 3.11. The average molecular weight is 212 g/mol. The first-order chi connectivity index (χ1) is 7.26. The van der Waals surface area contributed by atoms with E-state index in [9.17, 15) is 0 Å². The zero-order chi connectivity index (χ0) is 10.7. The molecule has 3 heteroatoms. The topological polar surface area (TPSA) is 24.5 Å². The molecule has 2 heterocycles. The number of methoxy groups -OCH3 is 1.